The molecular formula is C12H14BrN3O4S. The summed E-state index contributed by atoms with van der Waals surface area (Å²) in [5.41, 5.74) is 0. The van der Waals surface area contributed by atoms with E-state index in [-0.39, 0.29) is 0 Å². The van der Waals surface area contributed by atoms with Crippen molar-refractivity contribution in [2.45, 2.75) is 19.0 Å². The van der Waals surface area contributed by atoms with Crippen LogP contribution in [0.4, 0.5) is 4.79 Å². The first-order chi connectivity index (χ1) is 9.97. The summed E-state index contributed by atoms with van der Waals surface area (Å²) in [5, 5.41) is 14.1. The van der Waals surface area contributed by atoms with E-state index in [2.05, 4.69) is 26.6 Å². The second-order valence-electron chi connectivity index (χ2n) is 4.46. The Morgan fingerprint density at radius 2 is 2.29 bits per heavy atom. The summed E-state index contributed by atoms with van der Waals surface area (Å²) in [5.74, 6) is -1.55. The number of carbonyl (C=O) groups excluding carboxylic acids is 2. The van der Waals surface area contributed by atoms with Crippen LogP contribution >= 0.6 is 27.3 Å². The minimum absolute atomic E-state index is 0.295. The van der Waals surface area contributed by atoms with Crippen molar-refractivity contribution in [2.24, 2.45) is 0 Å². The van der Waals surface area contributed by atoms with Crippen LogP contribution in [-0.4, -0.2) is 47.0 Å². The van der Waals surface area contributed by atoms with Crippen LogP contribution in [0.2, 0.25) is 0 Å². The number of urea groups is 1. The molecule has 21 heavy (non-hydrogen) atoms. The van der Waals surface area contributed by atoms with Crippen molar-refractivity contribution in [3.8, 4) is 0 Å². The summed E-state index contributed by atoms with van der Waals surface area (Å²) in [7, 11) is 0. The van der Waals surface area contributed by atoms with E-state index >= 15 is 0 Å². The lowest BCUT2D eigenvalue weighted by molar-refractivity contribution is -0.142. The number of halogens is 1. The van der Waals surface area contributed by atoms with E-state index in [0.717, 1.165) is 8.66 Å². The molecule has 0 bridgehead atoms. The Balaban J connectivity index is 1.98. The Kier molecular flexibility index (Phi) is 5.18. The van der Waals surface area contributed by atoms with Crippen LogP contribution in [0.3, 0.4) is 0 Å². The zero-order valence-corrected chi connectivity index (χ0v) is 13.4. The number of piperazine rings is 1. The molecule has 1 atom stereocenters. The van der Waals surface area contributed by atoms with Gasteiger partial charge in [0.15, 0.2) is 0 Å². The summed E-state index contributed by atoms with van der Waals surface area (Å²) in [6, 6.07) is 2.37. The number of amides is 3. The van der Waals surface area contributed by atoms with Gasteiger partial charge in [-0.1, -0.05) is 0 Å². The highest BCUT2D eigenvalue weighted by molar-refractivity contribution is 9.11. The van der Waals surface area contributed by atoms with Gasteiger partial charge in [0.05, 0.1) is 16.8 Å². The third-order valence-corrected chi connectivity index (χ3v) is 4.63. The van der Waals surface area contributed by atoms with E-state index in [0.29, 0.717) is 19.6 Å². The van der Waals surface area contributed by atoms with Crippen LogP contribution < -0.4 is 10.6 Å². The Morgan fingerprint density at radius 3 is 2.90 bits per heavy atom. The SMILES string of the molecule is O=C(O)CC1C(=O)NCCN1C(=O)NCc1ccc(Br)s1. The van der Waals surface area contributed by atoms with Crippen LogP contribution in [0.15, 0.2) is 15.9 Å². The monoisotopic (exact) mass is 375 g/mol. The second-order valence-corrected chi connectivity index (χ2v) is 7.01. The number of aliphatic carboxylic acids is 1. The van der Waals surface area contributed by atoms with E-state index < -0.39 is 30.4 Å². The third kappa shape index (κ3) is 4.18. The molecule has 1 saturated heterocycles. The molecule has 0 spiro atoms. The maximum atomic E-state index is 12.2. The van der Waals surface area contributed by atoms with Crippen molar-refractivity contribution < 1.29 is 19.5 Å². The van der Waals surface area contributed by atoms with E-state index in [9.17, 15) is 14.4 Å². The molecule has 1 aliphatic rings. The molecule has 9 heteroatoms. The number of hydrogen-bond donors (Lipinski definition) is 3. The number of rotatable bonds is 4. The molecule has 1 unspecified atom stereocenters. The van der Waals surface area contributed by atoms with Gasteiger partial charge in [0.1, 0.15) is 6.04 Å². The molecule has 7 nitrogen and oxygen atoms in total. The Hall–Kier alpha value is -1.61. The molecule has 0 saturated carbocycles. The fraction of sp³-hybridized carbons (Fsp3) is 0.417. The number of carbonyl (C=O) groups is 3. The minimum atomic E-state index is -1.11. The first kappa shape index (κ1) is 15.8. The second kappa shape index (κ2) is 6.90. The first-order valence-electron chi connectivity index (χ1n) is 6.25. The average molecular weight is 376 g/mol. The van der Waals surface area contributed by atoms with Crippen molar-refractivity contribution in [3.63, 3.8) is 0 Å². The van der Waals surface area contributed by atoms with Crippen LogP contribution in [0, 0.1) is 0 Å². The van der Waals surface area contributed by atoms with Crippen LogP contribution in [0.1, 0.15) is 11.3 Å². The predicted octanol–water partition coefficient (Wildman–Crippen LogP) is 0.995. The van der Waals surface area contributed by atoms with Crippen LogP contribution in [0.25, 0.3) is 0 Å². The standard InChI is InChI=1S/C12H14BrN3O4S/c13-9-2-1-7(21-9)6-15-12(20)16-4-3-14-11(19)8(16)5-10(17)18/h1-2,8H,3-6H2,(H,14,19)(H,15,20)(H,17,18). The highest BCUT2D eigenvalue weighted by Crippen LogP contribution is 2.21. The number of carboxylic acids is 1. The van der Waals surface area contributed by atoms with Gasteiger partial charge in [-0.05, 0) is 28.1 Å². The molecule has 1 fully saturated rings. The summed E-state index contributed by atoms with van der Waals surface area (Å²) in [4.78, 5) is 36.9. The van der Waals surface area contributed by atoms with E-state index in [1.165, 1.54) is 16.2 Å². The number of carboxylic acid groups (broad SMARTS) is 1. The first-order valence-corrected chi connectivity index (χ1v) is 7.86. The lowest BCUT2D eigenvalue weighted by Gasteiger charge is -2.34. The topological polar surface area (TPSA) is 98.7 Å². The quantitative estimate of drug-likeness (QED) is 0.730. The molecule has 3 N–H and O–H groups in total. The number of hydrogen-bond acceptors (Lipinski definition) is 4. The van der Waals surface area contributed by atoms with Crippen molar-refractivity contribution >= 4 is 45.2 Å². The summed E-state index contributed by atoms with van der Waals surface area (Å²) >= 11 is 4.84. The van der Waals surface area contributed by atoms with Gasteiger partial charge in [0.25, 0.3) is 0 Å². The van der Waals surface area contributed by atoms with Crippen molar-refractivity contribution in [1.29, 1.82) is 0 Å². The van der Waals surface area contributed by atoms with E-state index in [1.807, 2.05) is 12.1 Å². The molecule has 1 aromatic rings. The summed E-state index contributed by atoms with van der Waals surface area (Å²) in [6.07, 6.45) is -0.399. The van der Waals surface area contributed by atoms with Crippen LogP contribution in [0.5, 0.6) is 0 Å². The molecule has 0 radical (unpaired) electrons. The van der Waals surface area contributed by atoms with Gasteiger partial charge in [0.2, 0.25) is 5.91 Å². The van der Waals surface area contributed by atoms with E-state index in [4.69, 9.17) is 5.11 Å². The molecule has 2 rings (SSSR count). The van der Waals surface area contributed by atoms with Gasteiger partial charge in [-0.15, -0.1) is 11.3 Å². The maximum Gasteiger partial charge on any atom is 0.318 e. The number of nitrogens with zero attached hydrogens (tertiary/aromatic N) is 1. The van der Waals surface area contributed by atoms with Gasteiger partial charge in [-0.2, -0.15) is 0 Å². The van der Waals surface area contributed by atoms with Gasteiger partial charge in [-0.25, -0.2) is 4.79 Å². The molecular weight excluding hydrogens is 362 g/mol. The molecule has 0 aliphatic carbocycles. The lowest BCUT2D eigenvalue weighted by atomic mass is 10.1. The minimum Gasteiger partial charge on any atom is -0.481 e. The number of nitrogens with one attached hydrogen (secondary N) is 2. The zero-order valence-electron chi connectivity index (χ0n) is 11.0. The largest absolute Gasteiger partial charge is 0.481 e. The van der Waals surface area contributed by atoms with Crippen LogP contribution in [-0.2, 0) is 16.1 Å². The third-order valence-electron chi connectivity index (χ3n) is 3.00. The molecule has 0 aromatic carbocycles. The normalized spacial score (nSPS) is 18.2. The lowest BCUT2D eigenvalue weighted by Crippen LogP contribution is -2.59. The van der Waals surface area contributed by atoms with Gasteiger partial charge >= 0.3 is 12.0 Å². The summed E-state index contributed by atoms with van der Waals surface area (Å²) < 4.78 is 0.966. The molecule has 1 aromatic heterocycles. The molecule has 1 aliphatic heterocycles. The Morgan fingerprint density at radius 1 is 1.52 bits per heavy atom. The molecule has 2 heterocycles. The van der Waals surface area contributed by atoms with Crippen molar-refractivity contribution in [1.82, 2.24) is 15.5 Å². The average Bonchev–Trinajstić information content (AvgIpc) is 2.84. The Bertz CT molecular complexity index is 562. The van der Waals surface area contributed by atoms with E-state index in [1.54, 1.807) is 0 Å². The smallest absolute Gasteiger partial charge is 0.318 e. The molecule has 3 amide bonds. The van der Waals surface area contributed by atoms with Crippen molar-refractivity contribution in [2.75, 3.05) is 13.1 Å². The highest BCUT2D eigenvalue weighted by Gasteiger charge is 2.34. The molecule has 114 valence electrons. The fourth-order valence-corrected chi connectivity index (χ4v) is 3.46. The maximum absolute atomic E-state index is 12.2. The van der Waals surface area contributed by atoms with Gasteiger partial charge in [0, 0.05) is 18.0 Å². The number of thiophene rings is 1. The zero-order chi connectivity index (χ0) is 15.4. The predicted molar refractivity (Wildman–Crippen MR) is 80.0 cm³/mol. The fourth-order valence-electron chi connectivity index (χ4n) is 2.04. The van der Waals surface area contributed by atoms with Crippen molar-refractivity contribution in [3.05, 3.63) is 20.8 Å². The van der Waals surface area contributed by atoms with Gasteiger partial charge < -0.3 is 20.6 Å². The summed E-state index contributed by atoms with van der Waals surface area (Å²) in [6.45, 7) is 0.962. The Labute approximate surface area is 133 Å². The van der Waals surface area contributed by atoms with Gasteiger partial charge in [-0.3, -0.25) is 9.59 Å². The highest BCUT2D eigenvalue weighted by atomic mass is 79.9.